The summed E-state index contributed by atoms with van der Waals surface area (Å²) in [6.07, 6.45) is 0. The predicted molar refractivity (Wildman–Crippen MR) is 262 cm³/mol. The fourth-order valence-corrected chi connectivity index (χ4v) is 15.3. The minimum atomic E-state index is -1.90. The second kappa shape index (κ2) is 12.6. The molecule has 0 fully saturated rings. The van der Waals surface area contributed by atoms with Crippen LogP contribution in [0.25, 0.3) is 91.3 Å². The maximum atomic E-state index is 2.57. The second-order valence-electron chi connectivity index (χ2n) is 17.2. The molecule has 1 unspecified atom stereocenters. The summed E-state index contributed by atoms with van der Waals surface area (Å²) in [5.41, 5.74) is 13.0. The largest absolute Gasteiger partial charge is 0.308 e. The van der Waals surface area contributed by atoms with E-state index in [1.54, 1.807) is 0 Å². The van der Waals surface area contributed by atoms with Crippen LogP contribution < -0.4 is 10.4 Å². The smallest absolute Gasteiger partial charge is 0.113 e. The SMILES string of the molecule is C[Si]1(C)c2ccccc2-c2c(C(c3ccc(-c4ccccc4)cc3)c3ccc4c(c3)c3cccc5c6cccc7sc8cccc(c9ccccc9n4c53)c8c76)cccc21. The lowest BCUT2D eigenvalue weighted by molar-refractivity contribution is 0.985. The highest BCUT2D eigenvalue weighted by molar-refractivity contribution is 7.26. The van der Waals surface area contributed by atoms with Crippen molar-refractivity contribution in [3.8, 4) is 22.3 Å². The van der Waals surface area contributed by atoms with Crippen molar-refractivity contribution in [2.45, 2.75) is 19.0 Å². The molecule has 1 nitrogen and oxygen atoms in total. The van der Waals surface area contributed by atoms with Gasteiger partial charge in [0.15, 0.2) is 0 Å². The van der Waals surface area contributed by atoms with Crippen LogP contribution in [-0.4, -0.2) is 12.5 Å². The van der Waals surface area contributed by atoms with E-state index in [1.807, 2.05) is 11.3 Å². The van der Waals surface area contributed by atoms with E-state index < -0.39 is 8.07 Å². The molecule has 12 aromatic rings. The molecule has 0 saturated carbocycles. The maximum Gasteiger partial charge on any atom is 0.113 e. The quantitative estimate of drug-likeness (QED) is 0.123. The zero-order chi connectivity index (χ0) is 39.7. The minimum Gasteiger partial charge on any atom is -0.308 e. The molecule has 0 amide bonds. The van der Waals surface area contributed by atoms with Crippen LogP contribution in [0.3, 0.4) is 0 Å². The molecule has 1 atom stereocenters. The van der Waals surface area contributed by atoms with Crippen LogP contribution in [0.15, 0.2) is 194 Å². The van der Waals surface area contributed by atoms with Gasteiger partial charge in [-0.2, -0.15) is 0 Å². The molecule has 0 saturated heterocycles. The van der Waals surface area contributed by atoms with Crippen LogP contribution in [0, 0.1) is 0 Å². The van der Waals surface area contributed by atoms with E-state index in [4.69, 9.17) is 0 Å². The first kappa shape index (κ1) is 34.1. The molecule has 0 aliphatic carbocycles. The summed E-state index contributed by atoms with van der Waals surface area (Å²) in [7, 11) is -1.90. The zero-order valence-corrected chi connectivity index (χ0v) is 35.2. The van der Waals surface area contributed by atoms with Crippen LogP contribution in [0.2, 0.25) is 13.1 Å². The zero-order valence-electron chi connectivity index (χ0n) is 33.4. The molecule has 4 heterocycles. The Balaban J connectivity index is 1.14. The molecular formula is C57H39NSSi. The summed E-state index contributed by atoms with van der Waals surface area (Å²) in [6.45, 7) is 5.05. The number of rotatable bonds is 4. The van der Waals surface area contributed by atoms with E-state index in [0.717, 1.165) is 0 Å². The van der Waals surface area contributed by atoms with Gasteiger partial charge in [0.2, 0.25) is 0 Å². The summed E-state index contributed by atoms with van der Waals surface area (Å²) in [4.78, 5) is 0. The van der Waals surface area contributed by atoms with Crippen LogP contribution in [-0.2, 0) is 0 Å². The van der Waals surface area contributed by atoms with E-state index in [-0.39, 0.29) is 5.92 Å². The van der Waals surface area contributed by atoms with Gasteiger partial charge in [-0.1, -0.05) is 177 Å². The van der Waals surface area contributed by atoms with Gasteiger partial charge in [-0.15, -0.1) is 11.3 Å². The highest BCUT2D eigenvalue weighted by Gasteiger charge is 2.39. The Morgan fingerprint density at radius 1 is 0.433 bits per heavy atom. The van der Waals surface area contributed by atoms with Crippen molar-refractivity contribution >= 4 is 98.8 Å². The van der Waals surface area contributed by atoms with E-state index in [9.17, 15) is 0 Å². The average Bonchev–Trinajstić information content (AvgIpc) is 3.93. The Morgan fingerprint density at radius 3 is 1.80 bits per heavy atom. The first-order chi connectivity index (χ1) is 29.5. The standard InChI is InChI=1S/C57H39NSSi/c1-60(2)51-26-9-7-17-44(51)54-45(22-13-27-52(54)60)53(37-30-28-36(29-31-37)35-14-4-3-5-15-35)38-32-33-48-46(34-38)43-21-10-20-42-41-19-12-25-50-56(41)55-40(18-11-24-49(55)59-50)39-16-6-8-23-47(39)58(48)57(42)43/h3-34,53H,1-2H3. The van der Waals surface area contributed by atoms with E-state index in [1.165, 1.54) is 118 Å². The van der Waals surface area contributed by atoms with Crippen LogP contribution in [0.1, 0.15) is 22.6 Å². The molecule has 9 aromatic carbocycles. The molecule has 0 N–H and O–H groups in total. The molecule has 0 spiro atoms. The molecule has 60 heavy (non-hydrogen) atoms. The van der Waals surface area contributed by atoms with Gasteiger partial charge in [-0.05, 0) is 90.4 Å². The third kappa shape index (κ3) is 4.67. The fraction of sp³-hybridized carbons (Fsp3) is 0.0526. The van der Waals surface area contributed by atoms with Crippen LogP contribution in [0.5, 0.6) is 0 Å². The highest BCUT2D eigenvalue weighted by Crippen LogP contribution is 2.46. The molecule has 3 aromatic heterocycles. The lowest BCUT2D eigenvalue weighted by Gasteiger charge is -2.24. The van der Waals surface area contributed by atoms with E-state index >= 15 is 0 Å². The van der Waals surface area contributed by atoms with Gasteiger partial charge in [-0.3, -0.25) is 0 Å². The van der Waals surface area contributed by atoms with Crippen LogP contribution in [0.4, 0.5) is 0 Å². The Hall–Kier alpha value is -6.78. The first-order valence-electron chi connectivity index (χ1n) is 21.0. The number of nitrogens with zero attached hydrogens (tertiary/aromatic N) is 1. The van der Waals surface area contributed by atoms with Gasteiger partial charge in [0.1, 0.15) is 8.07 Å². The van der Waals surface area contributed by atoms with Crippen molar-refractivity contribution in [3.63, 3.8) is 0 Å². The molecule has 0 radical (unpaired) electrons. The fourth-order valence-electron chi connectivity index (χ4n) is 11.0. The molecule has 1 aliphatic heterocycles. The van der Waals surface area contributed by atoms with E-state index in [2.05, 4.69) is 212 Å². The third-order valence-corrected chi connectivity index (χ3v) is 18.4. The van der Waals surface area contributed by atoms with E-state index in [0.29, 0.717) is 0 Å². The normalized spacial score (nSPS) is 13.9. The third-order valence-electron chi connectivity index (χ3n) is 13.7. The van der Waals surface area contributed by atoms with Gasteiger partial charge in [0.05, 0.1) is 16.6 Å². The van der Waals surface area contributed by atoms with Crippen molar-refractivity contribution in [2.75, 3.05) is 0 Å². The van der Waals surface area contributed by atoms with Crippen molar-refractivity contribution in [2.24, 2.45) is 0 Å². The van der Waals surface area contributed by atoms with Crippen molar-refractivity contribution in [1.82, 2.24) is 4.40 Å². The minimum absolute atomic E-state index is 0.0256. The number of hydrogen-bond acceptors (Lipinski definition) is 1. The summed E-state index contributed by atoms with van der Waals surface area (Å²) in [6, 6.07) is 73.7. The van der Waals surface area contributed by atoms with Crippen molar-refractivity contribution < 1.29 is 0 Å². The first-order valence-corrected chi connectivity index (χ1v) is 24.9. The van der Waals surface area contributed by atoms with Gasteiger partial charge in [0.25, 0.3) is 0 Å². The van der Waals surface area contributed by atoms with Gasteiger partial charge in [-0.25, -0.2) is 0 Å². The molecule has 1 aliphatic rings. The highest BCUT2D eigenvalue weighted by atomic mass is 32.1. The summed E-state index contributed by atoms with van der Waals surface area (Å²) in [5, 5.41) is 13.5. The average molecular weight is 798 g/mol. The Bertz CT molecular complexity index is 3740. The van der Waals surface area contributed by atoms with Gasteiger partial charge < -0.3 is 4.40 Å². The number of benzene rings is 9. The van der Waals surface area contributed by atoms with Gasteiger partial charge in [0, 0.05) is 47.6 Å². The number of aromatic nitrogens is 1. The second-order valence-corrected chi connectivity index (χ2v) is 22.6. The Kier molecular flexibility index (Phi) is 7.17. The topological polar surface area (TPSA) is 4.41 Å². The maximum absolute atomic E-state index is 2.57. The molecular weight excluding hydrogens is 759 g/mol. The Labute approximate surface area is 353 Å². The molecule has 13 rings (SSSR count). The van der Waals surface area contributed by atoms with Crippen LogP contribution >= 0.6 is 11.3 Å². The van der Waals surface area contributed by atoms with Gasteiger partial charge >= 0.3 is 0 Å². The number of fused-ring (bicyclic) bond motifs is 10. The lowest BCUT2D eigenvalue weighted by atomic mass is 9.80. The summed E-state index contributed by atoms with van der Waals surface area (Å²) < 4.78 is 5.24. The summed E-state index contributed by atoms with van der Waals surface area (Å²) in [5.74, 6) is 0.0256. The van der Waals surface area contributed by atoms with Crippen molar-refractivity contribution in [3.05, 3.63) is 211 Å². The molecule has 3 heteroatoms. The summed E-state index contributed by atoms with van der Waals surface area (Å²) >= 11 is 1.91. The number of para-hydroxylation sites is 2. The van der Waals surface area contributed by atoms with Crippen molar-refractivity contribution in [1.29, 1.82) is 0 Å². The predicted octanol–water partition coefficient (Wildman–Crippen LogP) is 14.6. The lowest BCUT2D eigenvalue weighted by Crippen LogP contribution is -2.49. The Morgan fingerprint density at radius 2 is 1.00 bits per heavy atom. The molecule has 282 valence electrons. The molecule has 0 bridgehead atoms. The number of thiophene rings is 1. The number of hydrogen-bond donors (Lipinski definition) is 0. The monoisotopic (exact) mass is 797 g/mol.